The monoisotopic (exact) mass is 393 g/mol. The summed E-state index contributed by atoms with van der Waals surface area (Å²) in [7, 11) is 3.94. The molecule has 0 saturated carbocycles. The third-order valence-corrected chi connectivity index (χ3v) is 5.82. The van der Waals surface area contributed by atoms with E-state index in [0.717, 1.165) is 42.0 Å². The van der Waals surface area contributed by atoms with Crippen molar-refractivity contribution >= 4 is 17.5 Å². The van der Waals surface area contributed by atoms with Crippen molar-refractivity contribution in [2.45, 2.75) is 38.8 Å². The van der Waals surface area contributed by atoms with Gasteiger partial charge in [-0.3, -0.25) is 9.59 Å². The highest BCUT2D eigenvalue weighted by atomic mass is 16.2. The predicted octanol–water partition coefficient (Wildman–Crippen LogP) is 2.42. The van der Waals surface area contributed by atoms with Gasteiger partial charge in [-0.25, -0.2) is 9.97 Å². The zero-order valence-electron chi connectivity index (χ0n) is 17.3. The Hall–Kier alpha value is -2.96. The van der Waals surface area contributed by atoms with E-state index in [1.807, 2.05) is 59.3 Å². The number of anilines is 1. The number of aromatic nitrogens is 2. The molecule has 2 amide bonds. The van der Waals surface area contributed by atoms with Crippen LogP contribution in [0.5, 0.6) is 0 Å². The maximum absolute atomic E-state index is 13.2. The average Bonchev–Trinajstić information content (AvgIpc) is 3.22. The molecule has 0 radical (unpaired) electrons. The highest BCUT2D eigenvalue weighted by molar-refractivity contribution is 5.95. The van der Waals surface area contributed by atoms with Crippen LogP contribution in [0, 0.1) is 0 Å². The summed E-state index contributed by atoms with van der Waals surface area (Å²) < 4.78 is 0. The van der Waals surface area contributed by atoms with Crippen molar-refractivity contribution < 1.29 is 9.59 Å². The zero-order valence-corrected chi connectivity index (χ0v) is 17.3. The second-order valence-corrected chi connectivity index (χ2v) is 7.99. The normalized spacial score (nSPS) is 18.5. The Labute approximate surface area is 171 Å². The molecule has 1 atom stereocenters. The summed E-state index contributed by atoms with van der Waals surface area (Å²) in [4.78, 5) is 40.0. The fraction of sp³-hybridized carbons (Fsp3) is 0.455. The van der Waals surface area contributed by atoms with Gasteiger partial charge < -0.3 is 14.7 Å². The Morgan fingerprint density at radius 3 is 2.79 bits per heavy atom. The number of carbonyl (C=O) groups is 2. The zero-order chi connectivity index (χ0) is 20.5. The van der Waals surface area contributed by atoms with Crippen LogP contribution in [0.15, 0.2) is 30.5 Å². The Kier molecular flexibility index (Phi) is 5.22. The third-order valence-electron chi connectivity index (χ3n) is 5.82. The number of likely N-dealkylation sites (tertiary alicyclic amines) is 1. The second kappa shape index (κ2) is 7.81. The number of hydrogen-bond acceptors (Lipinski definition) is 5. The van der Waals surface area contributed by atoms with Crippen molar-refractivity contribution in [2.75, 3.05) is 32.1 Å². The number of benzene rings is 1. The van der Waals surface area contributed by atoms with Crippen LogP contribution in [0.4, 0.5) is 5.69 Å². The maximum atomic E-state index is 13.2. The lowest BCUT2D eigenvalue weighted by atomic mass is 10.1. The van der Waals surface area contributed by atoms with Crippen LogP contribution in [0.3, 0.4) is 0 Å². The third kappa shape index (κ3) is 3.81. The number of rotatable bonds is 3. The van der Waals surface area contributed by atoms with Crippen molar-refractivity contribution in [2.24, 2.45) is 0 Å². The minimum Gasteiger partial charge on any atom is -0.378 e. The van der Waals surface area contributed by atoms with Gasteiger partial charge >= 0.3 is 0 Å². The van der Waals surface area contributed by atoms with E-state index >= 15 is 0 Å². The van der Waals surface area contributed by atoms with E-state index in [0.29, 0.717) is 25.2 Å². The van der Waals surface area contributed by atoms with Crippen LogP contribution >= 0.6 is 0 Å². The Morgan fingerprint density at radius 2 is 2.03 bits per heavy atom. The van der Waals surface area contributed by atoms with Crippen LogP contribution < -0.4 is 4.90 Å². The summed E-state index contributed by atoms with van der Waals surface area (Å²) in [6.07, 6.45) is 4.39. The number of amides is 2. The molecule has 2 aromatic rings. The molecule has 1 fully saturated rings. The maximum Gasteiger partial charge on any atom is 0.254 e. The molecule has 7 nitrogen and oxygen atoms in total. The summed E-state index contributed by atoms with van der Waals surface area (Å²) >= 11 is 0. The summed E-state index contributed by atoms with van der Waals surface area (Å²) in [5, 5.41) is 0. The number of nitrogens with zero attached hydrogens (tertiary/aromatic N) is 5. The molecule has 0 bridgehead atoms. The summed E-state index contributed by atoms with van der Waals surface area (Å²) in [5.74, 6) is 0.821. The molecule has 1 aromatic heterocycles. The van der Waals surface area contributed by atoms with Gasteiger partial charge in [-0.2, -0.15) is 0 Å². The molecule has 1 saturated heterocycles. The van der Waals surface area contributed by atoms with Gasteiger partial charge in [0.05, 0.1) is 11.7 Å². The second-order valence-electron chi connectivity index (χ2n) is 7.99. The standard InChI is InChI=1S/C22H27N5O2/c1-15(28)26-11-9-19-17(14-26)13-23-21(24-19)20-8-5-10-27(20)22(29)16-6-4-7-18(12-16)25(2)3/h4,6-7,12-13,20H,5,8-11,14H2,1-3H3. The average molecular weight is 393 g/mol. The highest BCUT2D eigenvalue weighted by Gasteiger charge is 2.33. The molecule has 2 aliphatic rings. The molecular weight excluding hydrogens is 366 g/mol. The molecule has 1 aromatic carbocycles. The first kappa shape index (κ1) is 19.4. The van der Waals surface area contributed by atoms with Crippen molar-refractivity contribution in [1.29, 1.82) is 0 Å². The van der Waals surface area contributed by atoms with Gasteiger partial charge in [0.15, 0.2) is 5.82 Å². The number of carbonyl (C=O) groups excluding carboxylic acids is 2. The van der Waals surface area contributed by atoms with E-state index in [-0.39, 0.29) is 17.9 Å². The largest absolute Gasteiger partial charge is 0.378 e. The van der Waals surface area contributed by atoms with E-state index in [4.69, 9.17) is 4.98 Å². The van der Waals surface area contributed by atoms with E-state index in [9.17, 15) is 9.59 Å². The molecule has 4 rings (SSSR count). The topological polar surface area (TPSA) is 69.6 Å². The smallest absolute Gasteiger partial charge is 0.254 e. The first-order chi connectivity index (χ1) is 13.9. The van der Waals surface area contributed by atoms with E-state index in [1.54, 1.807) is 6.92 Å². The van der Waals surface area contributed by atoms with Crippen molar-refractivity contribution in [3.05, 3.63) is 53.1 Å². The molecule has 152 valence electrons. The predicted molar refractivity (Wildman–Crippen MR) is 111 cm³/mol. The Balaban J connectivity index is 1.57. The summed E-state index contributed by atoms with van der Waals surface area (Å²) in [5.41, 5.74) is 3.70. The van der Waals surface area contributed by atoms with Gasteiger partial charge in [0, 0.05) is 70.1 Å². The van der Waals surface area contributed by atoms with Gasteiger partial charge in [-0.05, 0) is 31.0 Å². The van der Waals surface area contributed by atoms with Gasteiger partial charge in [0.2, 0.25) is 5.91 Å². The lowest BCUT2D eigenvalue weighted by Gasteiger charge is -2.29. The minimum absolute atomic E-state index is 0.0280. The van der Waals surface area contributed by atoms with Gasteiger partial charge in [-0.1, -0.05) is 6.07 Å². The van der Waals surface area contributed by atoms with Crippen LogP contribution in [0.2, 0.25) is 0 Å². The van der Waals surface area contributed by atoms with Gasteiger partial charge in [0.25, 0.3) is 5.91 Å². The molecule has 0 aliphatic carbocycles. The molecule has 2 aliphatic heterocycles. The van der Waals surface area contributed by atoms with Crippen LogP contribution in [0.25, 0.3) is 0 Å². The molecule has 3 heterocycles. The van der Waals surface area contributed by atoms with E-state index in [1.165, 1.54) is 0 Å². The highest BCUT2D eigenvalue weighted by Crippen LogP contribution is 2.32. The molecule has 29 heavy (non-hydrogen) atoms. The van der Waals surface area contributed by atoms with E-state index < -0.39 is 0 Å². The Bertz CT molecular complexity index is 943. The fourth-order valence-electron chi connectivity index (χ4n) is 4.12. The number of hydrogen-bond donors (Lipinski definition) is 0. The van der Waals surface area contributed by atoms with Crippen molar-refractivity contribution in [1.82, 2.24) is 19.8 Å². The first-order valence-corrected chi connectivity index (χ1v) is 10.1. The van der Waals surface area contributed by atoms with Gasteiger partial charge in [0.1, 0.15) is 0 Å². The summed E-state index contributed by atoms with van der Waals surface area (Å²) in [6.45, 7) is 3.56. The van der Waals surface area contributed by atoms with Crippen LogP contribution in [0.1, 0.15) is 53.2 Å². The molecule has 0 N–H and O–H groups in total. The molecular formula is C22H27N5O2. The minimum atomic E-state index is -0.0957. The van der Waals surface area contributed by atoms with Crippen molar-refractivity contribution in [3.63, 3.8) is 0 Å². The first-order valence-electron chi connectivity index (χ1n) is 10.1. The fourth-order valence-corrected chi connectivity index (χ4v) is 4.12. The lowest BCUT2D eigenvalue weighted by Crippen LogP contribution is -2.36. The van der Waals surface area contributed by atoms with Crippen LogP contribution in [-0.4, -0.2) is 58.8 Å². The van der Waals surface area contributed by atoms with Crippen molar-refractivity contribution in [3.8, 4) is 0 Å². The van der Waals surface area contributed by atoms with E-state index in [2.05, 4.69) is 4.98 Å². The number of fused-ring (bicyclic) bond motifs is 1. The molecule has 7 heteroatoms. The van der Waals surface area contributed by atoms with Gasteiger partial charge in [-0.15, -0.1) is 0 Å². The molecule has 0 spiro atoms. The summed E-state index contributed by atoms with van der Waals surface area (Å²) in [6, 6.07) is 7.62. The lowest BCUT2D eigenvalue weighted by molar-refractivity contribution is -0.129. The quantitative estimate of drug-likeness (QED) is 0.801. The Morgan fingerprint density at radius 1 is 1.21 bits per heavy atom. The van der Waals surface area contributed by atoms with Crippen LogP contribution in [-0.2, 0) is 17.8 Å². The SMILES string of the molecule is CC(=O)N1CCc2nc(C3CCCN3C(=O)c3cccc(N(C)C)c3)ncc2C1. The molecule has 1 unspecified atom stereocenters.